The standard InChI is InChI=1S/C7H13N3O2S/c1-10-6-7(5-9-10)3-2-4-13(8,11)12/h5-6H,2-4H2,1H3,(H2,8,11,12). The van der Waals surface area contributed by atoms with Gasteiger partial charge in [-0.2, -0.15) is 5.10 Å². The van der Waals surface area contributed by atoms with Gasteiger partial charge in [0.05, 0.1) is 11.9 Å². The maximum Gasteiger partial charge on any atom is 0.209 e. The Kier molecular flexibility index (Phi) is 3.05. The highest BCUT2D eigenvalue weighted by Crippen LogP contribution is 2.01. The Morgan fingerprint density at radius 2 is 2.31 bits per heavy atom. The van der Waals surface area contributed by atoms with E-state index in [9.17, 15) is 8.42 Å². The van der Waals surface area contributed by atoms with E-state index in [0.717, 1.165) is 5.56 Å². The van der Waals surface area contributed by atoms with Crippen molar-refractivity contribution in [3.05, 3.63) is 18.0 Å². The molecule has 0 fully saturated rings. The van der Waals surface area contributed by atoms with Crippen molar-refractivity contribution in [1.82, 2.24) is 9.78 Å². The zero-order valence-corrected chi connectivity index (χ0v) is 8.29. The lowest BCUT2D eigenvalue weighted by molar-refractivity contribution is 0.595. The van der Waals surface area contributed by atoms with E-state index in [4.69, 9.17) is 5.14 Å². The summed E-state index contributed by atoms with van der Waals surface area (Å²) >= 11 is 0. The summed E-state index contributed by atoms with van der Waals surface area (Å²) in [5.41, 5.74) is 1.03. The first-order valence-corrected chi connectivity index (χ1v) is 5.67. The molecule has 0 aromatic carbocycles. The molecule has 0 bridgehead atoms. The summed E-state index contributed by atoms with van der Waals surface area (Å²) < 4.78 is 22.9. The first-order valence-electron chi connectivity index (χ1n) is 3.95. The summed E-state index contributed by atoms with van der Waals surface area (Å²) in [4.78, 5) is 0. The van der Waals surface area contributed by atoms with Gasteiger partial charge in [0.25, 0.3) is 0 Å². The molecule has 1 aromatic heterocycles. The Bertz CT molecular complexity index is 369. The molecule has 0 aliphatic rings. The molecule has 1 rings (SSSR count). The largest absolute Gasteiger partial charge is 0.276 e. The van der Waals surface area contributed by atoms with Crippen molar-refractivity contribution in [1.29, 1.82) is 0 Å². The molecule has 1 heterocycles. The lowest BCUT2D eigenvalue weighted by atomic mass is 10.2. The van der Waals surface area contributed by atoms with Crippen LogP contribution in [0.15, 0.2) is 12.4 Å². The van der Waals surface area contributed by atoms with Gasteiger partial charge in [-0.25, -0.2) is 13.6 Å². The molecule has 0 unspecified atom stereocenters. The van der Waals surface area contributed by atoms with E-state index >= 15 is 0 Å². The van der Waals surface area contributed by atoms with Crippen molar-refractivity contribution in [2.24, 2.45) is 12.2 Å². The molecule has 74 valence electrons. The van der Waals surface area contributed by atoms with E-state index in [-0.39, 0.29) is 5.75 Å². The van der Waals surface area contributed by atoms with Crippen LogP contribution in [0, 0.1) is 0 Å². The molecule has 0 spiro atoms. The fourth-order valence-corrected chi connectivity index (χ4v) is 1.63. The number of aryl methyl sites for hydroxylation is 2. The third-order valence-electron chi connectivity index (χ3n) is 1.65. The van der Waals surface area contributed by atoms with Crippen LogP contribution in [0.3, 0.4) is 0 Å². The number of primary sulfonamides is 1. The van der Waals surface area contributed by atoms with Crippen LogP contribution >= 0.6 is 0 Å². The summed E-state index contributed by atoms with van der Waals surface area (Å²) in [5, 5.41) is 8.82. The van der Waals surface area contributed by atoms with E-state index < -0.39 is 10.0 Å². The van der Waals surface area contributed by atoms with Crippen molar-refractivity contribution in [2.75, 3.05) is 5.75 Å². The summed E-state index contributed by atoms with van der Waals surface area (Å²) in [6, 6.07) is 0. The van der Waals surface area contributed by atoms with Crippen molar-refractivity contribution in [3.63, 3.8) is 0 Å². The minimum Gasteiger partial charge on any atom is -0.276 e. The van der Waals surface area contributed by atoms with Crippen LogP contribution in [-0.2, 0) is 23.5 Å². The second-order valence-corrected chi connectivity index (χ2v) is 4.73. The van der Waals surface area contributed by atoms with Crippen LogP contribution in [0.25, 0.3) is 0 Å². The fraction of sp³-hybridized carbons (Fsp3) is 0.571. The van der Waals surface area contributed by atoms with Crippen LogP contribution in [0.1, 0.15) is 12.0 Å². The predicted molar refractivity (Wildman–Crippen MR) is 49.5 cm³/mol. The first kappa shape index (κ1) is 10.2. The molecule has 6 heteroatoms. The molecule has 1 aromatic rings. The molecule has 0 saturated carbocycles. The van der Waals surface area contributed by atoms with Gasteiger partial charge in [-0.3, -0.25) is 4.68 Å². The van der Waals surface area contributed by atoms with Crippen molar-refractivity contribution in [3.8, 4) is 0 Å². The molecule has 0 aliphatic heterocycles. The topological polar surface area (TPSA) is 78.0 Å². The Hall–Kier alpha value is -0.880. The number of nitrogens with two attached hydrogens (primary N) is 1. The quantitative estimate of drug-likeness (QED) is 0.726. The maximum absolute atomic E-state index is 10.6. The number of sulfonamides is 1. The highest BCUT2D eigenvalue weighted by molar-refractivity contribution is 7.89. The highest BCUT2D eigenvalue weighted by atomic mass is 32.2. The second kappa shape index (κ2) is 3.89. The van der Waals surface area contributed by atoms with Gasteiger partial charge in [0.2, 0.25) is 10.0 Å². The highest BCUT2D eigenvalue weighted by Gasteiger charge is 2.03. The number of nitrogens with zero attached hydrogens (tertiary/aromatic N) is 2. The van der Waals surface area contributed by atoms with Crippen LogP contribution < -0.4 is 5.14 Å². The number of aromatic nitrogens is 2. The van der Waals surface area contributed by atoms with Crippen molar-refractivity contribution in [2.45, 2.75) is 12.8 Å². The maximum atomic E-state index is 10.6. The number of hydrogen-bond acceptors (Lipinski definition) is 3. The Balaban J connectivity index is 2.36. The van der Waals surface area contributed by atoms with E-state index in [2.05, 4.69) is 5.10 Å². The molecule has 0 atom stereocenters. The van der Waals surface area contributed by atoms with Crippen LogP contribution in [0.2, 0.25) is 0 Å². The van der Waals surface area contributed by atoms with E-state index in [1.54, 1.807) is 10.9 Å². The van der Waals surface area contributed by atoms with E-state index in [1.165, 1.54) is 0 Å². The van der Waals surface area contributed by atoms with Gasteiger partial charge in [-0.1, -0.05) is 0 Å². The van der Waals surface area contributed by atoms with Crippen LogP contribution in [0.4, 0.5) is 0 Å². The minimum atomic E-state index is -3.31. The monoisotopic (exact) mass is 203 g/mol. The average molecular weight is 203 g/mol. The van der Waals surface area contributed by atoms with Gasteiger partial charge < -0.3 is 0 Å². The van der Waals surface area contributed by atoms with Gasteiger partial charge in [0.1, 0.15) is 0 Å². The molecular weight excluding hydrogens is 190 g/mol. The smallest absolute Gasteiger partial charge is 0.209 e. The predicted octanol–water partition coefficient (Wildman–Crippen LogP) is -0.359. The molecule has 5 nitrogen and oxygen atoms in total. The van der Waals surface area contributed by atoms with E-state index in [0.29, 0.717) is 12.8 Å². The van der Waals surface area contributed by atoms with Gasteiger partial charge >= 0.3 is 0 Å². The summed E-state index contributed by atoms with van der Waals surface area (Å²) in [6.45, 7) is 0. The molecule has 0 saturated heterocycles. The average Bonchev–Trinajstić information content (AvgIpc) is 2.33. The minimum absolute atomic E-state index is 0.0297. The number of hydrogen-bond donors (Lipinski definition) is 1. The second-order valence-electron chi connectivity index (χ2n) is 2.99. The Morgan fingerprint density at radius 3 is 2.77 bits per heavy atom. The van der Waals surface area contributed by atoms with Crippen LogP contribution in [0.5, 0.6) is 0 Å². The SMILES string of the molecule is Cn1cc(CCCS(N)(=O)=O)cn1. The normalized spacial score (nSPS) is 11.8. The van der Waals surface area contributed by atoms with Gasteiger partial charge in [0, 0.05) is 13.2 Å². The molecule has 0 radical (unpaired) electrons. The zero-order chi connectivity index (χ0) is 9.90. The molecule has 0 amide bonds. The van der Waals surface area contributed by atoms with Gasteiger partial charge in [0.15, 0.2) is 0 Å². The molecule has 0 aliphatic carbocycles. The fourth-order valence-electron chi connectivity index (χ4n) is 1.08. The van der Waals surface area contributed by atoms with Crippen molar-refractivity contribution < 1.29 is 8.42 Å². The van der Waals surface area contributed by atoms with E-state index in [1.807, 2.05) is 13.2 Å². The van der Waals surface area contributed by atoms with Gasteiger partial charge in [-0.15, -0.1) is 0 Å². The van der Waals surface area contributed by atoms with Crippen LogP contribution in [-0.4, -0.2) is 24.0 Å². The summed E-state index contributed by atoms with van der Waals surface area (Å²) in [6.07, 6.45) is 4.83. The molecular formula is C7H13N3O2S. The Labute approximate surface area is 77.6 Å². The third-order valence-corrected chi connectivity index (χ3v) is 2.51. The first-order chi connectivity index (χ1) is 5.97. The summed E-state index contributed by atoms with van der Waals surface area (Å²) in [5.74, 6) is 0.0297. The number of rotatable bonds is 4. The van der Waals surface area contributed by atoms with Crippen molar-refractivity contribution >= 4 is 10.0 Å². The zero-order valence-electron chi connectivity index (χ0n) is 7.47. The third kappa shape index (κ3) is 4.05. The summed E-state index contributed by atoms with van der Waals surface area (Å²) in [7, 11) is -1.49. The Morgan fingerprint density at radius 1 is 1.62 bits per heavy atom. The lowest BCUT2D eigenvalue weighted by Gasteiger charge is -1.95. The lowest BCUT2D eigenvalue weighted by Crippen LogP contribution is -2.16. The molecule has 13 heavy (non-hydrogen) atoms. The van der Waals surface area contributed by atoms with Gasteiger partial charge in [-0.05, 0) is 18.4 Å². The molecule has 2 N–H and O–H groups in total.